The summed E-state index contributed by atoms with van der Waals surface area (Å²) in [7, 11) is 0. The highest BCUT2D eigenvalue weighted by atomic mass is 79.9. The quantitative estimate of drug-likeness (QED) is 0.600. The SMILES string of the molecule is Br[C@@H]1CCc2oncc2C1. The largest absolute Gasteiger partial charge is 0.361 e. The molecule has 2 nitrogen and oxygen atoms in total. The van der Waals surface area contributed by atoms with Gasteiger partial charge in [0.2, 0.25) is 0 Å². The van der Waals surface area contributed by atoms with E-state index in [9.17, 15) is 0 Å². The minimum Gasteiger partial charge on any atom is -0.361 e. The third-order valence-electron chi connectivity index (χ3n) is 1.86. The van der Waals surface area contributed by atoms with Crippen molar-refractivity contribution in [2.24, 2.45) is 0 Å². The molecule has 0 saturated heterocycles. The van der Waals surface area contributed by atoms with E-state index in [1.165, 1.54) is 12.0 Å². The maximum Gasteiger partial charge on any atom is 0.139 e. The molecule has 1 aliphatic carbocycles. The molecule has 0 bridgehead atoms. The first-order chi connectivity index (χ1) is 4.86. The van der Waals surface area contributed by atoms with Gasteiger partial charge in [0, 0.05) is 16.8 Å². The Labute approximate surface area is 67.7 Å². The lowest BCUT2D eigenvalue weighted by Gasteiger charge is -2.13. The number of hydrogen-bond donors (Lipinski definition) is 0. The van der Waals surface area contributed by atoms with Gasteiger partial charge in [-0.05, 0) is 12.8 Å². The van der Waals surface area contributed by atoms with Gasteiger partial charge in [0.05, 0.1) is 6.20 Å². The second-order valence-corrected chi connectivity index (χ2v) is 3.91. The Balaban J connectivity index is 2.30. The van der Waals surface area contributed by atoms with E-state index in [0.717, 1.165) is 18.6 Å². The van der Waals surface area contributed by atoms with E-state index in [4.69, 9.17) is 4.52 Å². The summed E-state index contributed by atoms with van der Waals surface area (Å²) in [5.74, 6) is 1.08. The number of halogens is 1. The van der Waals surface area contributed by atoms with Crippen molar-refractivity contribution in [1.29, 1.82) is 0 Å². The number of aromatic nitrogens is 1. The zero-order valence-corrected chi connectivity index (χ0v) is 7.10. The van der Waals surface area contributed by atoms with Crippen LogP contribution in [0.4, 0.5) is 0 Å². The maximum atomic E-state index is 5.03. The van der Waals surface area contributed by atoms with Crippen molar-refractivity contribution in [3.05, 3.63) is 17.5 Å². The molecule has 2 rings (SSSR count). The molecule has 1 aromatic rings. The summed E-state index contributed by atoms with van der Waals surface area (Å²) in [6, 6.07) is 0. The van der Waals surface area contributed by atoms with E-state index in [2.05, 4.69) is 21.1 Å². The molecule has 0 saturated carbocycles. The highest BCUT2D eigenvalue weighted by Gasteiger charge is 2.18. The van der Waals surface area contributed by atoms with E-state index in [0.29, 0.717) is 4.83 Å². The molecule has 1 aliphatic rings. The lowest BCUT2D eigenvalue weighted by Crippen LogP contribution is -2.10. The molecule has 0 radical (unpaired) electrons. The zero-order valence-electron chi connectivity index (χ0n) is 5.51. The Morgan fingerprint density at radius 2 is 2.60 bits per heavy atom. The summed E-state index contributed by atoms with van der Waals surface area (Å²) in [5.41, 5.74) is 1.27. The summed E-state index contributed by atoms with van der Waals surface area (Å²) in [5, 5.41) is 3.74. The fourth-order valence-corrected chi connectivity index (χ4v) is 1.86. The Morgan fingerprint density at radius 3 is 3.50 bits per heavy atom. The number of nitrogens with zero attached hydrogens (tertiary/aromatic N) is 1. The molecule has 54 valence electrons. The molecule has 10 heavy (non-hydrogen) atoms. The minimum atomic E-state index is 0.624. The number of rotatable bonds is 0. The van der Waals surface area contributed by atoms with Gasteiger partial charge in [-0.15, -0.1) is 0 Å². The molecule has 0 aliphatic heterocycles. The highest BCUT2D eigenvalue weighted by molar-refractivity contribution is 9.09. The molecule has 1 atom stereocenters. The van der Waals surface area contributed by atoms with Crippen LogP contribution in [-0.2, 0) is 12.8 Å². The molecule has 1 heterocycles. The molecular weight excluding hydrogens is 194 g/mol. The fourth-order valence-electron chi connectivity index (χ4n) is 1.29. The molecule has 0 amide bonds. The summed E-state index contributed by atoms with van der Waals surface area (Å²) < 4.78 is 5.03. The van der Waals surface area contributed by atoms with Crippen molar-refractivity contribution in [1.82, 2.24) is 5.16 Å². The van der Waals surface area contributed by atoms with Crippen molar-refractivity contribution in [2.75, 3.05) is 0 Å². The lowest BCUT2D eigenvalue weighted by atomic mass is 9.99. The summed E-state index contributed by atoms with van der Waals surface area (Å²) in [6.45, 7) is 0. The van der Waals surface area contributed by atoms with Crippen LogP contribution in [0.1, 0.15) is 17.7 Å². The highest BCUT2D eigenvalue weighted by Crippen LogP contribution is 2.24. The van der Waals surface area contributed by atoms with Gasteiger partial charge < -0.3 is 4.52 Å². The van der Waals surface area contributed by atoms with E-state index < -0.39 is 0 Å². The molecule has 3 heteroatoms. The second-order valence-electron chi connectivity index (χ2n) is 2.61. The molecule has 1 aromatic heterocycles. The van der Waals surface area contributed by atoms with Crippen LogP contribution >= 0.6 is 15.9 Å². The van der Waals surface area contributed by atoms with Crippen LogP contribution in [-0.4, -0.2) is 9.98 Å². The van der Waals surface area contributed by atoms with Gasteiger partial charge in [0.1, 0.15) is 5.76 Å². The molecule has 0 aromatic carbocycles. The van der Waals surface area contributed by atoms with Crippen molar-refractivity contribution < 1.29 is 4.52 Å². The predicted octanol–water partition coefficient (Wildman–Crippen LogP) is 1.93. The first-order valence-electron chi connectivity index (χ1n) is 3.43. The number of fused-ring (bicyclic) bond motifs is 1. The maximum absolute atomic E-state index is 5.03. The van der Waals surface area contributed by atoms with Crippen molar-refractivity contribution in [3.8, 4) is 0 Å². The van der Waals surface area contributed by atoms with Crippen LogP contribution in [0.5, 0.6) is 0 Å². The fraction of sp³-hybridized carbons (Fsp3) is 0.571. The van der Waals surface area contributed by atoms with Crippen LogP contribution in [0, 0.1) is 0 Å². The monoisotopic (exact) mass is 201 g/mol. The van der Waals surface area contributed by atoms with Gasteiger partial charge in [-0.1, -0.05) is 21.1 Å². The van der Waals surface area contributed by atoms with Gasteiger partial charge in [-0.3, -0.25) is 0 Å². The van der Waals surface area contributed by atoms with E-state index in [-0.39, 0.29) is 0 Å². The van der Waals surface area contributed by atoms with E-state index in [1.807, 2.05) is 6.20 Å². The van der Waals surface area contributed by atoms with Gasteiger partial charge >= 0.3 is 0 Å². The zero-order chi connectivity index (χ0) is 6.97. The van der Waals surface area contributed by atoms with Gasteiger partial charge in [-0.25, -0.2) is 0 Å². The normalized spacial score (nSPS) is 24.3. The second kappa shape index (κ2) is 2.38. The van der Waals surface area contributed by atoms with Crippen LogP contribution in [0.25, 0.3) is 0 Å². The number of hydrogen-bond acceptors (Lipinski definition) is 2. The van der Waals surface area contributed by atoms with Crippen LogP contribution < -0.4 is 0 Å². The Bertz CT molecular complexity index is 233. The smallest absolute Gasteiger partial charge is 0.139 e. The topological polar surface area (TPSA) is 26.0 Å². The summed E-state index contributed by atoms with van der Waals surface area (Å²) in [4.78, 5) is 0.624. The molecule has 0 N–H and O–H groups in total. The lowest BCUT2D eigenvalue weighted by molar-refractivity contribution is 0.374. The van der Waals surface area contributed by atoms with Gasteiger partial charge in [-0.2, -0.15) is 0 Å². The summed E-state index contributed by atoms with van der Waals surface area (Å²) in [6.07, 6.45) is 5.09. The van der Waals surface area contributed by atoms with Crippen molar-refractivity contribution in [2.45, 2.75) is 24.1 Å². The average molecular weight is 202 g/mol. The number of alkyl halides is 1. The Kier molecular flexibility index (Phi) is 1.52. The molecule has 0 fully saturated rings. The van der Waals surface area contributed by atoms with E-state index >= 15 is 0 Å². The van der Waals surface area contributed by atoms with Gasteiger partial charge in [0.15, 0.2) is 0 Å². The third kappa shape index (κ3) is 0.985. The van der Waals surface area contributed by atoms with Crippen LogP contribution in [0.15, 0.2) is 10.7 Å². The van der Waals surface area contributed by atoms with Crippen molar-refractivity contribution in [3.63, 3.8) is 0 Å². The summed E-state index contributed by atoms with van der Waals surface area (Å²) >= 11 is 3.57. The van der Waals surface area contributed by atoms with Crippen LogP contribution in [0.2, 0.25) is 0 Å². The first kappa shape index (κ1) is 6.40. The Morgan fingerprint density at radius 1 is 1.70 bits per heavy atom. The molecule has 0 spiro atoms. The first-order valence-corrected chi connectivity index (χ1v) is 4.34. The van der Waals surface area contributed by atoms with Crippen LogP contribution in [0.3, 0.4) is 0 Å². The van der Waals surface area contributed by atoms with E-state index in [1.54, 1.807) is 0 Å². The van der Waals surface area contributed by atoms with Crippen molar-refractivity contribution >= 4 is 15.9 Å². The third-order valence-corrected chi connectivity index (χ3v) is 2.64. The molecule has 0 unspecified atom stereocenters. The minimum absolute atomic E-state index is 0.624. The Hall–Kier alpha value is -0.310. The molecular formula is C7H8BrNO. The average Bonchev–Trinajstić information content (AvgIpc) is 2.33. The standard InChI is InChI=1S/C7H8BrNO/c8-6-1-2-7-5(3-6)4-9-10-7/h4,6H,1-3H2/t6-/m1/s1. The van der Waals surface area contributed by atoms with Gasteiger partial charge in [0.25, 0.3) is 0 Å². The predicted molar refractivity (Wildman–Crippen MR) is 41.2 cm³/mol. The number of aryl methyl sites for hydroxylation is 1.